The summed E-state index contributed by atoms with van der Waals surface area (Å²) < 4.78 is 25.0. The van der Waals surface area contributed by atoms with E-state index >= 15 is 0 Å². The van der Waals surface area contributed by atoms with Gasteiger partial charge in [-0.2, -0.15) is 0 Å². The zero-order chi connectivity index (χ0) is 23.7. The van der Waals surface area contributed by atoms with E-state index in [1.807, 2.05) is 0 Å². The lowest BCUT2D eigenvalue weighted by Gasteiger charge is -2.08. The number of nitro groups is 4. The highest BCUT2D eigenvalue weighted by atomic mass is 33.5. The van der Waals surface area contributed by atoms with E-state index in [1.165, 1.54) is 0 Å². The van der Waals surface area contributed by atoms with Crippen molar-refractivity contribution in [2.24, 2.45) is 0 Å². The third kappa shape index (κ3) is 5.26. The molecule has 0 aliphatic heterocycles. The normalized spacial score (nSPS) is 11.1. The van der Waals surface area contributed by atoms with E-state index in [4.69, 9.17) is 11.5 Å². The van der Waals surface area contributed by atoms with Crippen LogP contribution in [0.2, 0.25) is 0 Å². The van der Waals surface area contributed by atoms with E-state index in [0.29, 0.717) is 24.3 Å². The predicted octanol–water partition coefficient (Wildman–Crippen LogP) is 2.61. The molecule has 16 nitrogen and oxygen atoms in total. The van der Waals surface area contributed by atoms with Crippen LogP contribution in [0, 0.1) is 40.5 Å². The van der Waals surface area contributed by atoms with Crippen molar-refractivity contribution >= 4 is 63.6 Å². The molecule has 0 amide bonds. The molecule has 164 valence electrons. The van der Waals surface area contributed by atoms with Gasteiger partial charge in [0.25, 0.3) is 7.90 Å². The maximum Gasteiger partial charge on any atom is 0.348 e. The molecule has 2 rings (SSSR count). The summed E-state index contributed by atoms with van der Waals surface area (Å²) in [6, 6.07) is 2.42. The van der Waals surface area contributed by atoms with Crippen LogP contribution in [0.5, 0.6) is 0 Å². The SMILES string of the molecule is Nc1cc([N+](=O)[O-])c([N+](=O)[O-])cc1SS(=O)(=O)Sc1cc([N+](=O)[O-])c([N+](=O)[O-])cc1N. The van der Waals surface area contributed by atoms with Crippen LogP contribution in [0.15, 0.2) is 34.1 Å². The van der Waals surface area contributed by atoms with Crippen LogP contribution in [0.4, 0.5) is 34.1 Å². The first-order valence-electron chi connectivity index (χ1n) is 7.32. The number of hydrogen-bond acceptors (Lipinski definition) is 14. The van der Waals surface area contributed by atoms with E-state index in [2.05, 4.69) is 0 Å². The van der Waals surface area contributed by atoms with Gasteiger partial charge in [-0.05, 0) is 0 Å². The summed E-state index contributed by atoms with van der Waals surface area (Å²) in [7, 11) is -4.44. The largest absolute Gasteiger partial charge is 0.398 e. The van der Waals surface area contributed by atoms with Gasteiger partial charge in [-0.15, -0.1) is 0 Å². The van der Waals surface area contributed by atoms with E-state index in [1.54, 1.807) is 0 Å². The Morgan fingerprint density at radius 3 is 1.13 bits per heavy atom. The molecule has 0 radical (unpaired) electrons. The van der Waals surface area contributed by atoms with Crippen LogP contribution in [0.1, 0.15) is 0 Å². The quantitative estimate of drug-likeness (QED) is 0.232. The van der Waals surface area contributed by atoms with Crippen LogP contribution in [0.3, 0.4) is 0 Å². The average Bonchev–Trinajstić information content (AvgIpc) is 2.63. The van der Waals surface area contributed by atoms with Gasteiger partial charge >= 0.3 is 22.7 Å². The number of nitrogens with zero attached hydrogens (tertiary/aromatic N) is 4. The molecule has 0 atom stereocenters. The second kappa shape index (κ2) is 8.57. The molecule has 2 aromatic rings. The second-order valence-electron chi connectivity index (χ2n) is 5.36. The monoisotopic (exact) mass is 492 g/mol. The third-order valence-electron chi connectivity index (χ3n) is 3.38. The highest BCUT2D eigenvalue weighted by Crippen LogP contribution is 2.46. The molecule has 0 saturated carbocycles. The van der Waals surface area contributed by atoms with Crippen molar-refractivity contribution in [1.29, 1.82) is 0 Å². The summed E-state index contributed by atoms with van der Waals surface area (Å²) in [5, 5.41) is 43.9. The van der Waals surface area contributed by atoms with Crippen molar-refractivity contribution in [1.82, 2.24) is 0 Å². The Labute approximate surface area is 177 Å². The lowest BCUT2D eigenvalue weighted by atomic mass is 10.2. The lowest BCUT2D eigenvalue weighted by molar-refractivity contribution is -0.422. The number of nitrogen functional groups attached to an aromatic ring is 2. The molecular formula is C12H8N6O10S3. The van der Waals surface area contributed by atoms with Gasteiger partial charge in [0, 0.05) is 45.9 Å². The van der Waals surface area contributed by atoms with Gasteiger partial charge in [0.2, 0.25) is 0 Å². The summed E-state index contributed by atoms with van der Waals surface area (Å²) >= 11 is 0. The molecule has 2 aromatic carbocycles. The highest BCUT2D eigenvalue weighted by molar-refractivity contribution is 9.04. The molecule has 0 heterocycles. The standard InChI is InChI=1S/C12H8N6O10S3/c13-5-1-7(15(19)20)9(17(23)24)3-11(5)29-31(27,28)30-12-4-10(18(25)26)8(16(21)22)2-6(12)14/h1-4H,13-14H2. The Morgan fingerprint density at radius 1 is 0.613 bits per heavy atom. The van der Waals surface area contributed by atoms with Crippen molar-refractivity contribution in [2.75, 3.05) is 11.5 Å². The first-order valence-corrected chi connectivity index (χ1v) is 11.5. The lowest BCUT2D eigenvalue weighted by Crippen LogP contribution is -2.02. The number of rotatable bonds is 8. The van der Waals surface area contributed by atoms with E-state index < -0.39 is 71.5 Å². The third-order valence-corrected chi connectivity index (χ3v) is 8.39. The second-order valence-corrected chi connectivity index (χ2v) is 11.7. The number of anilines is 2. The summed E-state index contributed by atoms with van der Waals surface area (Å²) in [5.41, 5.74) is 6.31. The zero-order valence-electron chi connectivity index (χ0n) is 14.6. The fourth-order valence-electron chi connectivity index (χ4n) is 2.11. The van der Waals surface area contributed by atoms with Gasteiger partial charge in [-0.3, -0.25) is 40.5 Å². The molecule has 4 N–H and O–H groups in total. The minimum absolute atomic E-state index is 0.0234. The molecule has 0 aliphatic rings. The molecule has 0 bridgehead atoms. The predicted molar refractivity (Wildman–Crippen MR) is 109 cm³/mol. The number of nitro benzene ring substituents is 4. The summed E-state index contributed by atoms with van der Waals surface area (Å²) in [5.74, 6) is 0. The Morgan fingerprint density at radius 2 is 0.871 bits per heavy atom. The van der Waals surface area contributed by atoms with Gasteiger partial charge in [-0.25, -0.2) is 8.42 Å². The highest BCUT2D eigenvalue weighted by Gasteiger charge is 2.31. The van der Waals surface area contributed by atoms with Gasteiger partial charge in [0.15, 0.2) is 0 Å². The summed E-state index contributed by atoms with van der Waals surface area (Å²) in [6.07, 6.45) is 0. The summed E-state index contributed by atoms with van der Waals surface area (Å²) in [6.45, 7) is 0. The maximum atomic E-state index is 12.5. The van der Waals surface area contributed by atoms with Gasteiger partial charge in [0.05, 0.1) is 40.9 Å². The molecule has 0 fully saturated rings. The van der Waals surface area contributed by atoms with Crippen LogP contribution in [-0.2, 0) is 7.90 Å². The topological polar surface area (TPSA) is 259 Å². The first-order chi connectivity index (χ1) is 14.2. The van der Waals surface area contributed by atoms with Crippen LogP contribution < -0.4 is 11.5 Å². The number of hydrogen-bond donors (Lipinski definition) is 2. The Balaban J connectivity index is 2.47. The van der Waals surface area contributed by atoms with Crippen LogP contribution in [0.25, 0.3) is 0 Å². The Bertz CT molecular complexity index is 1160. The number of benzene rings is 2. The minimum Gasteiger partial charge on any atom is -0.398 e. The minimum atomic E-state index is -4.40. The molecule has 0 aliphatic carbocycles. The first kappa shape index (κ1) is 23.6. The zero-order valence-corrected chi connectivity index (χ0v) is 17.0. The smallest absolute Gasteiger partial charge is 0.348 e. The Hall–Kier alpha value is -3.71. The van der Waals surface area contributed by atoms with Crippen LogP contribution in [-0.4, -0.2) is 28.1 Å². The molecule has 19 heteroatoms. The van der Waals surface area contributed by atoms with Gasteiger partial charge < -0.3 is 11.5 Å². The van der Waals surface area contributed by atoms with Gasteiger partial charge in [-0.1, -0.05) is 0 Å². The van der Waals surface area contributed by atoms with E-state index in [0.717, 1.165) is 0 Å². The molecule has 0 saturated heterocycles. The molecule has 0 spiro atoms. The van der Waals surface area contributed by atoms with Crippen molar-refractivity contribution in [2.45, 2.75) is 9.79 Å². The molecule has 31 heavy (non-hydrogen) atoms. The van der Waals surface area contributed by atoms with Crippen molar-refractivity contribution < 1.29 is 28.1 Å². The van der Waals surface area contributed by atoms with E-state index in [-0.39, 0.29) is 21.6 Å². The fourth-order valence-corrected chi connectivity index (χ4v) is 7.13. The van der Waals surface area contributed by atoms with Crippen molar-refractivity contribution in [3.63, 3.8) is 0 Å². The van der Waals surface area contributed by atoms with Crippen molar-refractivity contribution in [3.8, 4) is 0 Å². The van der Waals surface area contributed by atoms with Crippen LogP contribution >= 0.6 is 21.6 Å². The van der Waals surface area contributed by atoms with Crippen molar-refractivity contribution in [3.05, 3.63) is 64.7 Å². The fraction of sp³-hybridized carbons (Fsp3) is 0. The van der Waals surface area contributed by atoms with Gasteiger partial charge in [0.1, 0.15) is 0 Å². The number of nitrogens with two attached hydrogens (primary N) is 2. The van der Waals surface area contributed by atoms with E-state index in [9.17, 15) is 48.9 Å². The Kier molecular flexibility index (Phi) is 6.52. The molecule has 0 unspecified atom stereocenters. The average molecular weight is 492 g/mol. The maximum absolute atomic E-state index is 12.5. The molecule has 0 aromatic heterocycles. The summed E-state index contributed by atoms with van der Waals surface area (Å²) in [4.78, 5) is 38.7. The molecular weight excluding hydrogens is 484 g/mol.